The minimum absolute atomic E-state index is 0.212. The van der Waals surface area contributed by atoms with E-state index in [9.17, 15) is 18.0 Å². The average Bonchev–Trinajstić information content (AvgIpc) is 3.20. The van der Waals surface area contributed by atoms with Crippen LogP contribution in [-0.4, -0.2) is 20.7 Å². The predicted molar refractivity (Wildman–Crippen MR) is 103 cm³/mol. The number of hydrogen-bond acceptors (Lipinski definition) is 3. The first-order valence-corrected chi connectivity index (χ1v) is 8.93. The summed E-state index contributed by atoms with van der Waals surface area (Å²) >= 11 is 5.61. The zero-order chi connectivity index (χ0) is 20.9. The van der Waals surface area contributed by atoms with Crippen molar-refractivity contribution in [2.24, 2.45) is 0 Å². The Labute approximate surface area is 169 Å². The van der Waals surface area contributed by atoms with Gasteiger partial charge in [-0.05, 0) is 29.3 Å². The van der Waals surface area contributed by atoms with Gasteiger partial charge in [0.25, 0.3) is 0 Å². The summed E-state index contributed by atoms with van der Waals surface area (Å²) in [6.07, 6.45) is 0.839. The van der Waals surface area contributed by atoms with Gasteiger partial charge >= 0.3 is 6.18 Å². The summed E-state index contributed by atoms with van der Waals surface area (Å²) in [6, 6.07) is 12.3. The Bertz CT molecular complexity index is 989. The van der Waals surface area contributed by atoms with Gasteiger partial charge in [-0.25, -0.2) is 4.98 Å². The number of nitrogens with zero attached hydrogens (tertiary/aromatic N) is 3. The molecule has 0 saturated carbocycles. The molecule has 1 unspecified atom stereocenters. The van der Waals surface area contributed by atoms with Gasteiger partial charge in [0.1, 0.15) is 12.7 Å². The zero-order valence-corrected chi connectivity index (χ0v) is 15.7. The van der Waals surface area contributed by atoms with Crippen LogP contribution in [0.25, 0.3) is 6.08 Å². The van der Waals surface area contributed by atoms with Crippen molar-refractivity contribution in [1.29, 1.82) is 0 Å². The molecule has 0 bridgehead atoms. The lowest BCUT2D eigenvalue weighted by atomic mass is 10.1. The second kappa shape index (κ2) is 8.91. The molecule has 1 amide bonds. The van der Waals surface area contributed by atoms with Gasteiger partial charge in [0.2, 0.25) is 5.91 Å². The summed E-state index contributed by atoms with van der Waals surface area (Å²) in [5, 5.41) is 6.48. The predicted octanol–water partition coefficient (Wildman–Crippen LogP) is 4.52. The van der Waals surface area contributed by atoms with Crippen molar-refractivity contribution in [3.63, 3.8) is 0 Å². The van der Waals surface area contributed by atoms with Crippen LogP contribution in [0.4, 0.5) is 13.2 Å². The highest BCUT2D eigenvalue weighted by Crippen LogP contribution is 2.35. The van der Waals surface area contributed by atoms with Crippen LogP contribution in [0.15, 0.2) is 67.3 Å². The molecule has 1 N–H and O–H groups in total. The molecular formula is C20H16ClF3N4O. The molecule has 0 saturated heterocycles. The van der Waals surface area contributed by atoms with Crippen molar-refractivity contribution in [3.8, 4) is 0 Å². The quantitative estimate of drug-likeness (QED) is 0.596. The third-order valence-corrected chi connectivity index (χ3v) is 4.41. The molecule has 0 spiro atoms. The highest BCUT2D eigenvalue weighted by Gasteiger charge is 2.33. The molecule has 1 heterocycles. The molecule has 1 atom stereocenters. The lowest BCUT2D eigenvalue weighted by molar-refractivity contribution is -0.137. The monoisotopic (exact) mass is 420 g/mol. The number of carbonyl (C=O) groups excluding carboxylic acids is 1. The van der Waals surface area contributed by atoms with Gasteiger partial charge in [0, 0.05) is 6.08 Å². The molecule has 1 aromatic heterocycles. The fourth-order valence-electron chi connectivity index (χ4n) is 2.69. The van der Waals surface area contributed by atoms with Crippen LogP contribution in [0, 0.1) is 0 Å². The maximum absolute atomic E-state index is 13.0. The number of amides is 1. The Balaban J connectivity index is 1.75. The Hall–Kier alpha value is -3.13. The molecular weight excluding hydrogens is 405 g/mol. The van der Waals surface area contributed by atoms with Crippen molar-refractivity contribution in [2.75, 3.05) is 0 Å². The topological polar surface area (TPSA) is 59.8 Å². The third-order valence-electron chi connectivity index (χ3n) is 4.08. The van der Waals surface area contributed by atoms with Crippen LogP contribution in [-0.2, 0) is 17.5 Å². The maximum Gasteiger partial charge on any atom is 0.417 e. The van der Waals surface area contributed by atoms with Gasteiger partial charge in [-0.3, -0.25) is 9.48 Å². The summed E-state index contributed by atoms with van der Waals surface area (Å²) < 4.78 is 40.5. The minimum Gasteiger partial charge on any atom is -0.344 e. The van der Waals surface area contributed by atoms with E-state index in [2.05, 4.69) is 15.4 Å². The van der Waals surface area contributed by atoms with Crippen LogP contribution in [0.5, 0.6) is 0 Å². The third kappa shape index (κ3) is 5.68. The summed E-state index contributed by atoms with van der Waals surface area (Å²) in [4.78, 5) is 16.3. The maximum atomic E-state index is 13.0. The first-order chi connectivity index (χ1) is 13.8. The zero-order valence-electron chi connectivity index (χ0n) is 15.0. The van der Waals surface area contributed by atoms with Gasteiger partial charge < -0.3 is 5.32 Å². The molecule has 29 heavy (non-hydrogen) atoms. The Kier molecular flexibility index (Phi) is 6.33. The molecule has 150 valence electrons. The first kappa shape index (κ1) is 20.6. The van der Waals surface area contributed by atoms with Gasteiger partial charge in [-0.1, -0.05) is 48.0 Å². The van der Waals surface area contributed by atoms with E-state index in [4.69, 9.17) is 11.6 Å². The van der Waals surface area contributed by atoms with Gasteiger partial charge in [0.05, 0.1) is 23.2 Å². The van der Waals surface area contributed by atoms with Crippen molar-refractivity contribution < 1.29 is 18.0 Å². The van der Waals surface area contributed by atoms with Gasteiger partial charge in [-0.2, -0.15) is 18.3 Å². The standard InChI is InChI=1S/C20H16ClF3N4O/c21-17-8-6-14(10-16(17)20(22,23)24)7-9-19(29)27-18(11-28-13-25-12-26-28)15-4-2-1-3-5-15/h1-10,12-13,18H,11H2,(H,27,29)/b9-7+. The molecule has 5 nitrogen and oxygen atoms in total. The van der Waals surface area contributed by atoms with Crippen molar-refractivity contribution in [2.45, 2.75) is 18.8 Å². The van der Waals surface area contributed by atoms with Crippen LogP contribution >= 0.6 is 11.6 Å². The van der Waals surface area contributed by atoms with E-state index in [1.807, 2.05) is 30.3 Å². The fourth-order valence-corrected chi connectivity index (χ4v) is 2.91. The largest absolute Gasteiger partial charge is 0.417 e. The van der Waals surface area contributed by atoms with E-state index in [-0.39, 0.29) is 5.56 Å². The van der Waals surface area contributed by atoms with E-state index in [1.165, 1.54) is 30.9 Å². The lowest BCUT2D eigenvalue weighted by Crippen LogP contribution is -2.30. The SMILES string of the molecule is O=C(/C=C/c1ccc(Cl)c(C(F)(F)F)c1)NC(Cn1cncn1)c1ccccc1. The average molecular weight is 421 g/mol. The van der Waals surface area contributed by atoms with E-state index < -0.39 is 28.7 Å². The molecule has 0 aliphatic carbocycles. The van der Waals surface area contributed by atoms with E-state index >= 15 is 0 Å². The van der Waals surface area contributed by atoms with Crippen LogP contribution in [0.1, 0.15) is 22.7 Å². The number of benzene rings is 2. The second-order valence-electron chi connectivity index (χ2n) is 6.16. The molecule has 3 aromatic rings. The summed E-state index contributed by atoms with van der Waals surface area (Å²) in [6.45, 7) is 0.350. The summed E-state index contributed by atoms with van der Waals surface area (Å²) in [5.41, 5.74) is 0.120. The number of rotatable bonds is 6. The Morgan fingerprint density at radius 2 is 1.97 bits per heavy atom. The number of aromatic nitrogens is 3. The normalized spacial score (nSPS) is 12.8. The lowest BCUT2D eigenvalue weighted by Gasteiger charge is -2.18. The van der Waals surface area contributed by atoms with Crippen molar-refractivity contribution in [3.05, 3.63) is 89.0 Å². The molecule has 9 heteroatoms. The second-order valence-corrected chi connectivity index (χ2v) is 6.57. The molecule has 0 aliphatic heterocycles. The number of hydrogen-bond donors (Lipinski definition) is 1. The summed E-state index contributed by atoms with van der Waals surface area (Å²) in [5.74, 6) is -0.456. The van der Waals surface area contributed by atoms with Crippen LogP contribution in [0.2, 0.25) is 5.02 Å². The highest BCUT2D eigenvalue weighted by molar-refractivity contribution is 6.31. The van der Waals surface area contributed by atoms with Crippen molar-refractivity contribution in [1.82, 2.24) is 20.1 Å². The number of halogens is 4. The van der Waals surface area contributed by atoms with E-state index in [1.54, 1.807) is 4.68 Å². The van der Waals surface area contributed by atoms with Crippen LogP contribution < -0.4 is 5.32 Å². The Morgan fingerprint density at radius 3 is 2.62 bits per heavy atom. The Morgan fingerprint density at radius 1 is 1.21 bits per heavy atom. The fraction of sp³-hybridized carbons (Fsp3) is 0.150. The highest BCUT2D eigenvalue weighted by atomic mass is 35.5. The first-order valence-electron chi connectivity index (χ1n) is 8.55. The smallest absolute Gasteiger partial charge is 0.344 e. The van der Waals surface area contributed by atoms with E-state index in [0.29, 0.717) is 6.54 Å². The van der Waals surface area contributed by atoms with Crippen molar-refractivity contribution >= 4 is 23.6 Å². The molecule has 0 fully saturated rings. The molecule has 2 aromatic carbocycles. The molecule has 3 rings (SSSR count). The number of carbonyl (C=O) groups is 1. The van der Waals surface area contributed by atoms with Gasteiger partial charge in [0.15, 0.2) is 0 Å². The van der Waals surface area contributed by atoms with Crippen LogP contribution in [0.3, 0.4) is 0 Å². The van der Waals surface area contributed by atoms with Gasteiger partial charge in [-0.15, -0.1) is 0 Å². The van der Waals surface area contributed by atoms with E-state index in [0.717, 1.165) is 17.7 Å². The molecule has 0 aliphatic rings. The number of alkyl halides is 3. The molecule has 0 radical (unpaired) electrons. The summed E-state index contributed by atoms with van der Waals surface area (Å²) in [7, 11) is 0. The number of nitrogens with one attached hydrogen (secondary N) is 1. The minimum atomic E-state index is -4.57.